The standard InChI is InChI=1S/C10H19N3S/c1-4-14-8-9(2)11-7-10-5-6-13(3)12-10/h5-6,9,11H,4,7-8H2,1-3H3. The lowest BCUT2D eigenvalue weighted by molar-refractivity contribution is 0.581. The van der Waals surface area contributed by atoms with Crippen molar-refractivity contribution in [2.24, 2.45) is 7.05 Å². The fourth-order valence-electron chi connectivity index (χ4n) is 1.19. The largest absolute Gasteiger partial charge is 0.308 e. The minimum absolute atomic E-state index is 0.557. The summed E-state index contributed by atoms with van der Waals surface area (Å²) in [6.07, 6.45) is 1.97. The first kappa shape index (κ1) is 11.6. The molecule has 3 nitrogen and oxygen atoms in total. The van der Waals surface area contributed by atoms with E-state index in [0.717, 1.165) is 12.2 Å². The van der Waals surface area contributed by atoms with Gasteiger partial charge in [-0.3, -0.25) is 4.68 Å². The Morgan fingerprint density at radius 3 is 3.00 bits per heavy atom. The van der Waals surface area contributed by atoms with E-state index in [0.29, 0.717) is 6.04 Å². The topological polar surface area (TPSA) is 29.9 Å². The Kier molecular flexibility index (Phi) is 5.04. The van der Waals surface area contributed by atoms with Crippen LogP contribution in [-0.2, 0) is 13.6 Å². The van der Waals surface area contributed by atoms with Gasteiger partial charge in [-0.05, 0) is 18.7 Å². The smallest absolute Gasteiger partial charge is 0.0762 e. The molecule has 0 bridgehead atoms. The molecule has 14 heavy (non-hydrogen) atoms. The maximum Gasteiger partial charge on any atom is 0.0762 e. The SMILES string of the molecule is CCSCC(C)NCc1ccn(C)n1. The Bertz CT molecular complexity index is 260. The highest BCUT2D eigenvalue weighted by Gasteiger charge is 2.02. The van der Waals surface area contributed by atoms with E-state index in [4.69, 9.17) is 0 Å². The Hall–Kier alpha value is -0.480. The van der Waals surface area contributed by atoms with Crippen molar-refractivity contribution in [3.8, 4) is 0 Å². The second kappa shape index (κ2) is 6.09. The third-order valence-corrected chi connectivity index (χ3v) is 3.12. The van der Waals surface area contributed by atoms with E-state index in [1.54, 1.807) is 0 Å². The summed E-state index contributed by atoms with van der Waals surface area (Å²) in [5.74, 6) is 2.36. The minimum atomic E-state index is 0.557. The summed E-state index contributed by atoms with van der Waals surface area (Å²) in [6, 6.07) is 2.61. The lowest BCUT2D eigenvalue weighted by atomic mass is 10.3. The summed E-state index contributed by atoms with van der Waals surface area (Å²) in [6.45, 7) is 5.27. The van der Waals surface area contributed by atoms with E-state index in [1.807, 2.05) is 35.8 Å². The van der Waals surface area contributed by atoms with Crippen LogP contribution >= 0.6 is 11.8 Å². The van der Waals surface area contributed by atoms with Gasteiger partial charge < -0.3 is 5.32 Å². The van der Waals surface area contributed by atoms with Gasteiger partial charge in [0.1, 0.15) is 0 Å². The van der Waals surface area contributed by atoms with Gasteiger partial charge in [0, 0.05) is 31.6 Å². The van der Waals surface area contributed by atoms with Crippen LogP contribution < -0.4 is 5.32 Å². The van der Waals surface area contributed by atoms with Crippen molar-refractivity contribution in [2.75, 3.05) is 11.5 Å². The number of rotatable bonds is 6. The number of nitrogens with zero attached hydrogens (tertiary/aromatic N) is 2. The molecular weight excluding hydrogens is 194 g/mol. The molecule has 1 unspecified atom stereocenters. The van der Waals surface area contributed by atoms with E-state index < -0.39 is 0 Å². The van der Waals surface area contributed by atoms with E-state index >= 15 is 0 Å². The molecule has 0 aliphatic heterocycles. The van der Waals surface area contributed by atoms with Crippen molar-refractivity contribution in [1.29, 1.82) is 0 Å². The first-order chi connectivity index (χ1) is 6.72. The molecule has 0 saturated heterocycles. The summed E-state index contributed by atoms with van der Waals surface area (Å²) >= 11 is 1.97. The molecule has 0 amide bonds. The van der Waals surface area contributed by atoms with Gasteiger partial charge in [0.2, 0.25) is 0 Å². The number of aromatic nitrogens is 2. The van der Waals surface area contributed by atoms with E-state index in [1.165, 1.54) is 11.5 Å². The van der Waals surface area contributed by atoms with Gasteiger partial charge in [-0.1, -0.05) is 6.92 Å². The van der Waals surface area contributed by atoms with Crippen LogP contribution in [0.2, 0.25) is 0 Å². The predicted molar refractivity (Wildman–Crippen MR) is 62.5 cm³/mol. The van der Waals surface area contributed by atoms with Crippen molar-refractivity contribution in [3.63, 3.8) is 0 Å². The molecule has 0 radical (unpaired) electrons. The van der Waals surface area contributed by atoms with E-state index in [-0.39, 0.29) is 0 Å². The average Bonchev–Trinajstić information content (AvgIpc) is 2.58. The lowest BCUT2D eigenvalue weighted by Crippen LogP contribution is -2.27. The zero-order valence-electron chi connectivity index (χ0n) is 9.16. The Balaban J connectivity index is 2.20. The Morgan fingerprint density at radius 2 is 2.43 bits per heavy atom. The van der Waals surface area contributed by atoms with Crippen molar-refractivity contribution in [2.45, 2.75) is 26.4 Å². The Morgan fingerprint density at radius 1 is 1.64 bits per heavy atom. The van der Waals surface area contributed by atoms with Crippen LogP contribution in [0.3, 0.4) is 0 Å². The molecule has 0 aliphatic rings. The molecule has 1 heterocycles. The van der Waals surface area contributed by atoms with E-state index in [9.17, 15) is 0 Å². The molecule has 1 aromatic rings. The highest BCUT2D eigenvalue weighted by Crippen LogP contribution is 2.02. The van der Waals surface area contributed by atoms with Crippen LogP contribution in [0.1, 0.15) is 19.5 Å². The second-order valence-corrected chi connectivity index (χ2v) is 4.74. The fraction of sp³-hybridized carbons (Fsp3) is 0.700. The molecule has 0 fully saturated rings. The molecule has 1 N–H and O–H groups in total. The minimum Gasteiger partial charge on any atom is -0.308 e. The van der Waals surface area contributed by atoms with Gasteiger partial charge in [-0.25, -0.2) is 0 Å². The van der Waals surface area contributed by atoms with Crippen molar-refractivity contribution in [3.05, 3.63) is 18.0 Å². The predicted octanol–water partition coefficient (Wildman–Crippen LogP) is 1.65. The third-order valence-electron chi connectivity index (χ3n) is 1.97. The van der Waals surface area contributed by atoms with Gasteiger partial charge in [0.25, 0.3) is 0 Å². The van der Waals surface area contributed by atoms with Gasteiger partial charge in [0.15, 0.2) is 0 Å². The van der Waals surface area contributed by atoms with Crippen LogP contribution in [-0.4, -0.2) is 27.3 Å². The van der Waals surface area contributed by atoms with Crippen LogP contribution in [0.25, 0.3) is 0 Å². The number of hydrogen-bond donors (Lipinski definition) is 1. The van der Waals surface area contributed by atoms with Gasteiger partial charge >= 0.3 is 0 Å². The van der Waals surface area contributed by atoms with Crippen LogP contribution in [0.15, 0.2) is 12.3 Å². The molecule has 0 aliphatic carbocycles. The highest BCUT2D eigenvalue weighted by atomic mass is 32.2. The van der Waals surface area contributed by atoms with E-state index in [2.05, 4.69) is 24.3 Å². The summed E-state index contributed by atoms with van der Waals surface area (Å²) in [5, 5.41) is 7.76. The molecule has 80 valence electrons. The number of hydrogen-bond acceptors (Lipinski definition) is 3. The zero-order valence-corrected chi connectivity index (χ0v) is 9.97. The summed E-state index contributed by atoms with van der Waals surface area (Å²) in [7, 11) is 1.94. The maximum absolute atomic E-state index is 4.31. The Labute approximate surface area is 90.3 Å². The van der Waals surface area contributed by atoms with Gasteiger partial charge in [-0.15, -0.1) is 0 Å². The van der Waals surface area contributed by atoms with Crippen LogP contribution in [0.4, 0.5) is 0 Å². The van der Waals surface area contributed by atoms with Crippen LogP contribution in [0.5, 0.6) is 0 Å². The summed E-state index contributed by atoms with van der Waals surface area (Å²) < 4.78 is 1.84. The number of nitrogens with one attached hydrogen (secondary N) is 1. The first-order valence-corrected chi connectivity index (χ1v) is 6.17. The second-order valence-electron chi connectivity index (χ2n) is 3.42. The van der Waals surface area contributed by atoms with Crippen LogP contribution in [0, 0.1) is 0 Å². The van der Waals surface area contributed by atoms with Crippen molar-refractivity contribution >= 4 is 11.8 Å². The zero-order chi connectivity index (χ0) is 10.4. The highest BCUT2D eigenvalue weighted by molar-refractivity contribution is 7.99. The lowest BCUT2D eigenvalue weighted by Gasteiger charge is -2.11. The molecule has 4 heteroatoms. The van der Waals surface area contributed by atoms with Gasteiger partial charge in [-0.2, -0.15) is 16.9 Å². The quantitative estimate of drug-likeness (QED) is 0.779. The fourth-order valence-corrected chi connectivity index (χ4v) is 1.90. The first-order valence-electron chi connectivity index (χ1n) is 5.02. The third kappa shape index (κ3) is 4.15. The molecular formula is C10H19N3S. The maximum atomic E-state index is 4.31. The molecule has 1 atom stereocenters. The number of aryl methyl sites for hydroxylation is 1. The summed E-state index contributed by atoms with van der Waals surface area (Å²) in [5.41, 5.74) is 1.11. The van der Waals surface area contributed by atoms with Gasteiger partial charge in [0.05, 0.1) is 5.69 Å². The normalized spacial score (nSPS) is 13.1. The molecule has 1 aromatic heterocycles. The van der Waals surface area contributed by atoms with Crippen molar-refractivity contribution < 1.29 is 0 Å². The van der Waals surface area contributed by atoms with Crippen molar-refractivity contribution in [1.82, 2.24) is 15.1 Å². The number of thioether (sulfide) groups is 1. The molecule has 0 aromatic carbocycles. The summed E-state index contributed by atoms with van der Waals surface area (Å²) in [4.78, 5) is 0. The average molecular weight is 213 g/mol. The monoisotopic (exact) mass is 213 g/mol. The molecule has 0 saturated carbocycles. The molecule has 1 rings (SSSR count). The molecule has 0 spiro atoms.